The molecule has 0 radical (unpaired) electrons. The third-order valence-electron chi connectivity index (χ3n) is 2.61. The number of hydrogen-bond donors (Lipinski definition) is 2. The Morgan fingerprint density at radius 3 is 2.79 bits per heavy atom. The first-order valence-electron chi connectivity index (χ1n) is 6.48. The summed E-state index contributed by atoms with van der Waals surface area (Å²) in [5.41, 5.74) is 6.37. The number of rotatable bonds is 8. The third-order valence-corrected chi connectivity index (χ3v) is 2.61. The molecule has 0 aliphatic rings. The predicted molar refractivity (Wildman–Crippen MR) is 77.1 cm³/mol. The predicted octanol–water partition coefficient (Wildman–Crippen LogP) is 1.11. The SMILES string of the molecule is CN(C)CCNC(=O)CCCOc1ccccc1N. The van der Waals surface area contributed by atoms with Gasteiger partial charge >= 0.3 is 0 Å². The summed E-state index contributed by atoms with van der Waals surface area (Å²) in [7, 11) is 3.95. The van der Waals surface area contributed by atoms with Crippen LogP contribution in [-0.2, 0) is 4.79 Å². The van der Waals surface area contributed by atoms with Crippen molar-refractivity contribution in [2.75, 3.05) is 39.5 Å². The van der Waals surface area contributed by atoms with E-state index in [1.54, 1.807) is 6.07 Å². The molecule has 106 valence electrons. The molecule has 0 saturated carbocycles. The van der Waals surface area contributed by atoms with E-state index in [4.69, 9.17) is 10.5 Å². The molecule has 5 heteroatoms. The van der Waals surface area contributed by atoms with Gasteiger partial charge in [0.1, 0.15) is 5.75 Å². The fraction of sp³-hybridized carbons (Fsp3) is 0.500. The van der Waals surface area contributed by atoms with Crippen LogP contribution >= 0.6 is 0 Å². The molecule has 1 aromatic rings. The Hall–Kier alpha value is -1.75. The average Bonchev–Trinajstić information content (AvgIpc) is 2.36. The van der Waals surface area contributed by atoms with E-state index in [0.29, 0.717) is 37.4 Å². The van der Waals surface area contributed by atoms with Crippen LogP contribution in [0.3, 0.4) is 0 Å². The molecule has 0 unspecified atom stereocenters. The number of carbonyl (C=O) groups is 1. The van der Waals surface area contributed by atoms with Gasteiger partial charge in [-0.3, -0.25) is 4.79 Å². The van der Waals surface area contributed by atoms with E-state index in [1.807, 2.05) is 37.2 Å². The van der Waals surface area contributed by atoms with Crippen molar-refractivity contribution in [2.24, 2.45) is 0 Å². The van der Waals surface area contributed by atoms with Crippen molar-refractivity contribution in [1.29, 1.82) is 0 Å². The summed E-state index contributed by atoms with van der Waals surface area (Å²) in [5, 5.41) is 2.86. The number of carbonyl (C=O) groups excluding carboxylic acids is 1. The van der Waals surface area contributed by atoms with Crippen LogP contribution in [0.25, 0.3) is 0 Å². The first-order valence-corrected chi connectivity index (χ1v) is 6.48. The zero-order valence-corrected chi connectivity index (χ0v) is 11.7. The van der Waals surface area contributed by atoms with Gasteiger partial charge in [0.2, 0.25) is 5.91 Å². The van der Waals surface area contributed by atoms with Crippen molar-refractivity contribution < 1.29 is 9.53 Å². The largest absolute Gasteiger partial charge is 0.491 e. The van der Waals surface area contributed by atoms with E-state index in [0.717, 1.165) is 6.54 Å². The molecule has 0 fully saturated rings. The molecule has 19 heavy (non-hydrogen) atoms. The van der Waals surface area contributed by atoms with Crippen LogP contribution in [0.1, 0.15) is 12.8 Å². The molecular formula is C14H23N3O2. The van der Waals surface area contributed by atoms with Gasteiger partial charge in [0.15, 0.2) is 0 Å². The van der Waals surface area contributed by atoms with Gasteiger partial charge in [-0.25, -0.2) is 0 Å². The summed E-state index contributed by atoms with van der Waals surface area (Å²) in [5.74, 6) is 0.738. The molecule has 0 saturated heterocycles. The average molecular weight is 265 g/mol. The summed E-state index contributed by atoms with van der Waals surface area (Å²) in [6, 6.07) is 7.36. The maximum absolute atomic E-state index is 11.5. The Morgan fingerprint density at radius 2 is 2.11 bits per heavy atom. The molecule has 0 aromatic heterocycles. The molecule has 0 spiro atoms. The number of likely N-dealkylation sites (N-methyl/N-ethyl adjacent to an activating group) is 1. The van der Waals surface area contributed by atoms with Gasteiger partial charge in [0.25, 0.3) is 0 Å². The van der Waals surface area contributed by atoms with Gasteiger partial charge in [0, 0.05) is 19.5 Å². The Balaban J connectivity index is 2.10. The number of para-hydroxylation sites is 2. The summed E-state index contributed by atoms with van der Waals surface area (Å²) in [4.78, 5) is 13.5. The molecule has 0 aliphatic carbocycles. The second kappa shape index (κ2) is 8.37. The normalized spacial score (nSPS) is 10.5. The molecule has 0 bridgehead atoms. The molecule has 1 rings (SSSR count). The number of hydrogen-bond acceptors (Lipinski definition) is 4. The van der Waals surface area contributed by atoms with Crippen molar-refractivity contribution in [3.63, 3.8) is 0 Å². The standard InChI is InChI=1S/C14H23N3O2/c1-17(2)10-9-16-14(18)8-5-11-19-13-7-4-3-6-12(13)15/h3-4,6-7H,5,8-11,15H2,1-2H3,(H,16,18). The van der Waals surface area contributed by atoms with Crippen molar-refractivity contribution >= 4 is 11.6 Å². The van der Waals surface area contributed by atoms with Gasteiger partial charge in [-0.1, -0.05) is 12.1 Å². The molecule has 1 aromatic carbocycles. The molecular weight excluding hydrogens is 242 g/mol. The fourth-order valence-corrected chi connectivity index (χ4v) is 1.53. The van der Waals surface area contributed by atoms with Crippen LogP contribution in [0.5, 0.6) is 5.75 Å². The highest BCUT2D eigenvalue weighted by molar-refractivity contribution is 5.75. The second-order valence-electron chi connectivity index (χ2n) is 4.64. The molecule has 5 nitrogen and oxygen atoms in total. The number of ether oxygens (including phenoxy) is 1. The van der Waals surface area contributed by atoms with Gasteiger partial charge in [-0.05, 0) is 32.6 Å². The highest BCUT2D eigenvalue weighted by Gasteiger charge is 2.02. The van der Waals surface area contributed by atoms with E-state index in [9.17, 15) is 4.79 Å². The lowest BCUT2D eigenvalue weighted by Crippen LogP contribution is -2.31. The smallest absolute Gasteiger partial charge is 0.220 e. The van der Waals surface area contributed by atoms with Gasteiger partial charge in [-0.15, -0.1) is 0 Å². The zero-order chi connectivity index (χ0) is 14.1. The number of nitrogens with zero attached hydrogens (tertiary/aromatic N) is 1. The Bertz CT molecular complexity index is 394. The summed E-state index contributed by atoms with van der Waals surface area (Å²) in [6.45, 7) is 2.02. The monoisotopic (exact) mass is 265 g/mol. The minimum Gasteiger partial charge on any atom is -0.491 e. The molecule has 3 N–H and O–H groups in total. The fourth-order valence-electron chi connectivity index (χ4n) is 1.53. The van der Waals surface area contributed by atoms with E-state index in [-0.39, 0.29) is 5.91 Å². The molecule has 1 amide bonds. The number of anilines is 1. The minimum absolute atomic E-state index is 0.0616. The summed E-state index contributed by atoms with van der Waals surface area (Å²) >= 11 is 0. The number of nitrogens with two attached hydrogens (primary N) is 1. The lowest BCUT2D eigenvalue weighted by Gasteiger charge is -2.11. The van der Waals surface area contributed by atoms with E-state index in [2.05, 4.69) is 5.32 Å². The number of benzene rings is 1. The van der Waals surface area contributed by atoms with E-state index in [1.165, 1.54) is 0 Å². The van der Waals surface area contributed by atoms with Crippen molar-refractivity contribution in [3.8, 4) is 5.75 Å². The maximum Gasteiger partial charge on any atom is 0.220 e. The zero-order valence-electron chi connectivity index (χ0n) is 11.7. The highest BCUT2D eigenvalue weighted by atomic mass is 16.5. The van der Waals surface area contributed by atoms with Crippen LogP contribution in [0, 0.1) is 0 Å². The Kier molecular flexibility index (Phi) is 6.74. The van der Waals surface area contributed by atoms with Crippen molar-refractivity contribution in [3.05, 3.63) is 24.3 Å². The molecule has 0 atom stereocenters. The first kappa shape index (κ1) is 15.3. The number of amides is 1. The molecule has 0 aliphatic heterocycles. The Morgan fingerprint density at radius 1 is 1.37 bits per heavy atom. The van der Waals surface area contributed by atoms with Crippen LogP contribution < -0.4 is 15.8 Å². The third kappa shape index (κ3) is 6.67. The number of nitrogens with one attached hydrogen (secondary N) is 1. The molecule has 0 heterocycles. The van der Waals surface area contributed by atoms with Crippen molar-refractivity contribution in [1.82, 2.24) is 10.2 Å². The number of nitrogen functional groups attached to an aromatic ring is 1. The summed E-state index contributed by atoms with van der Waals surface area (Å²) < 4.78 is 5.52. The maximum atomic E-state index is 11.5. The first-order chi connectivity index (χ1) is 9.09. The van der Waals surface area contributed by atoms with Crippen molar-refractivity contribution in [2.45, 2.75) is 12.8 Å². The van der Waals surface area contributed by atoms with E-state index < -0.39 is 0 Å². The van der Waals surface area contributed by atoms with Crippen LogP contribution in [0.15, 0.2) is 24.3 Å². The summed E-state index contributed by atoms with van der Waals surface area (Å²) in [6.07, 6.45) is 1.16. The van der Waals surface area contributed by atoms with Crippen LogP contribution in [0.4, 0.5) is 5.69 Å². The minimum atomic E-state index is 0.0616. The van der Waals surface area contributed by atoms with Gasteiger partial charge < -0.3 is 20.7 Å². The quantitative estimate of drug-likeness (QED) is 0.546. The van der Waals surface area contributed by atoms with Gasteiger partial charge in [0.05, 0.1) is 12.3 Å². The second-order valence-corrected chi connectivity index (χ2v) is 4.64. The highest BCUT2D eigenvalue weighted by Crippen LogP contribution is 2.19. The Labute approximate surface area is 114 Å². The van der Waals surface area contributed by atoms with Crippen LogP contribution in [0.2, 0.25) is 0 Å². The van der Waals surface area contributed by atoms with Crippen LogP contribution in [-0.4, -0.2) is 44.6 Å². The lowest BCUT2D eigenvalue weighted by molar-refractivity contribution is -0.121. The lowest BCUT2D eigenvalue weighted by atomic mass is 10.3. The van der Waals surface area contributed by atoms with Gasteiger partial charge in [-0.2, -0.15) is 0 Å². The van der Waals surface area contributed by atoms with E-state index >= 15 is 0 Å². The topological polar surface area (TPSA) is 67.6 Å².